The standard InChI is InChI=1S/C21H24N4O5S2/c1-14-23-20(24-30-14)17-10-19(31-13-17)32(27,28)25-8-4-6-16(12-25)21(26)22-11-15-5-3-7-18(9-15)29-2/h3,5,7,9-10,13,16H,4,6,8,11-12H2,1-2H3,(H,22,26)/t16-/m1/s1. The van der Waals surface area contributed by atoms with Crippen molar-refractivity contribution in [3.63, 3.8) is 0 Å². The molecule has 0 saturated carbocycles. The molecule has 0 unspecified atom stereocenters. The summed E-state index contributed by atoms with van der Waals surface area (Å²) in [6.07, 6.45) is 1.27. The Morgan fingerprint density at radius 1 is 1.38 bits per heavy atom. The Kier molecular flexibility index (Phi) is 6.58. The summed E-state index contributed by atoms with van der Waals surface area (Å²) in [7, 11) is -2.12. The summed E-state index contributed by atoms with van der Waals surface area (Å²) in [5.74, 6) is 0.936. The molecule has 11 heteroatoms. The number of hydrogen-bond acceptors (Lipinski definition) is 8. The number of nitrogens with zero attached hydrogens (tertiary/aromatic N) is 3. The Morgan fingerprint density at radius 2 is 2.22 bits per heavy atom. The molecule has 4 rings (SSSR count). The predicted octanol–water partition coefficient (Wildman–Crippen LogP) is 2.83. The van der Waals surface area contributed by atoms with E-state index in [2.05, 4.69) is 15.5 Å². The van der Waals surface area contributed by atoms with Crippen LogP contribution in [0.2, 0.25) is 0 Å². The highest BCUT2D eigenvalue weighted by atomic mass is 32.2. The molecule has 0 spiro atoms. The van der Waals surface area contributed by atoms with E-state index in [0.717, 1.165) is 22.6 Å². The maximum Gasteiger partial charge on any atom is 0.252 e. The largest absolute Gasteiger partial charge is 0.497 e. The smallest absolute Gasteiger partial charge is 0.252 e. The average Bonchev–Trinajstić information content (AvgIpc) is 3.47. The highest BCUT2D eigenvalue weighted by molar-refractivity contribution is 7.91. The van der Waals surface area contributed by atoms with Gasteiger partial charge in [-0.15, -0.1) is 11.3 Å². The van der Waals surface area contributed by atoms with Crippen LogP contribution in [0.15, 0.2) is 44.4 Å². The van der Waals surface area contributed by atoms with Crippen LogP contribution in [-0.4, -0.2) is 49.0 Å². The highest BCUT2D eigenvalue weighted by Gasteiger charge is 2.34. The van der Waals surface area contributed by atoms with Crippen molar-refractivity contribution >= 4 is 27.3 Å². The van der Waals surface area contributed by atoms with E-state index in [9.17, 15) is 13.2 Å². The van der Waals surface area contributed by atoms with E-state index in [0.29, 0.717) is 43.2 Å². The minimum atomic E-state index is -3.72. The van der Waals surface area contributed by atoms with Gasteiger partial charge in [-0.25, -0.2) is 8.42 Å². The molecule has 1 saturated heterocycles. The Hall–Kier alpha value is -2.76. The lowest BCUT2D eigenvalue weighted by Crippen LogP contribution is -2.45. The average molecular weight is 477 g/mol. The maximum atomic E-state index is 13.2. The minimum Gasteiger partial charge on any atom is -0.497 e. The van der Waals surface area contributed by atoms with E-state index in [-0.39, 0.29) is 16.7 Å². The molecule has 1 aliphatic heterocycles. The van der Waals surface area contributed by atoms with Gasteiger partial charge in [0.05, 0.1) is 13.0 Å². The number of benzene rings is 1. The van der Waals surface area contributed by atoms with Gasteiger partial charge < -0.3 is 14.6 Å². The van der Waals surface area contributed by atoms with Crippen molar-refractivity contribution in [3.05, 3.63) is 47.2 Å². The molecule has 0 aliphatic carbocycles. The fourth-order valence-electron chi connectivity index (χ4n) is 3.60. The first-order chi connectivity index (χ1) is 15.4. The van der Waals surface area contributed by atoms with E-state index >= 15 is 0 Å². The summed E-state index contributed by atoms with van der Waals surface area (Å²) in [4.78, 5) is 16.9. The van der Waals surface area contributed by atoms with Crippen LogP contribution < -0.4 is 10.1 Å². The number of methoxy groups -OCH3 is 1. The highest BCUT2D eigenvalue weighted by Crippen LogP contribution is 2.31. The number of ether oxygens (including phenoxy) is 1. The first-order valence-corrected chi connectivity index (χ1v) is 12.5. The molecule has 1 amide bonds. The molecule has 1 N–H and O–H groups in total. The normalized spacial score (nSPS) is 17.2. The number of rotatable bonds is 7. The van der Waals surface area contributed by atoms with E-state index < -0.39 is 15.9 Å². The van der Waals surface area contributed by atoms with Gasteiger partial charge in [-0.05, 0) is 36.6 Å². The maximum absolute atomic E-state index is 13.2. The molecule has 0 bridgehead atoms. The molecule has 1 aromatic carbocycles. The molecular weight excluding hydrogens is 452 g/mol. The second-order valence-electron chi connectivity index (χ2n) is 7.56. The molecule has 1 fully saturated rings. The molecule has 2 aromatic heterocycles. The quantitative estimate of drug-likeness (QED) is 0.558. The van der Waals surface area contributed by atoms with Crippen molar-refractivity contribution in [2.24, 2.45) is 5.92 Å². The van der Waals surface area contributed by atoms with E-state index in [1.165, 1.54) is 4.31 Å². The van der Waals surface area contributed by atoms with Crippen molar-refractivity contribution in [2.75, 3.05) is 20.2 Å². The lowest BCUT2D eigenvalue weighted by Gasteiger charge is -2.30. The van der Waals surface area contributed by atoms with Gasteiger partial charge in [0.25, 0.3) is 10.0 Å². The molecule has 3 aromatic rings. The van der Waals surface area contributed by atoms with E-state index in [1.54, 1.807) is 25.5 Å². The number of amides is 1. The summed E-state index contributed by atoms with van der Waals surface area (Å²) >= 11 is 1.11. The number of carbonyl (C=O) groups excluding carboxylic acids is 1. The molecular formula is C21H24N4O5S2. The summed E-state index contributed by atoms with van der Waals surface area (Å²) in [6, 6.07) is 9.01. The first kappa shape index (κ1) is 22.4. The molecule has 9 nitrogen and oxygen atoms in total. The van der Waals surface area contributed by atoms with Crippen LogP contribution in [0.1, 0.15) is 24.3 Å². The molecule has 0 radical (unpaired) electrons. The third-order valence-corrected chi connectivity index (χ3v) is 8.59. The Bertz CT molecular complexity index is 1200. The molecule has 1 atom stereocenters. The summed E-state index contributed by atoms with van der Waals surface area (Å²) in [6.45, 7) is 2.57. The topological polar surface area (TPSA) is 115 Å². The summed E-state index contributed by atoms with van der Waals surface area (Å²) < 4.78 is 38.1. The van der Waals surface area contributed by atoms with Crippen molar-refractivity contribution in [2.45, 2.75) is 30.5 Å². The second-order valence-corrected chi connectivity index (χ2v) is 10.6. The zero-order valence-electron chi connectivity index (χ0n) is 17.8. The first-order valence-electron chi connectivity index (χ1n) is 10.2. The summed E-state index contributed by atoms with van der Waals surface area (Å²) in [5.41, 5.74) is 1.51. The van der Waals surface area contributed by atoms with Crippen LogP contribution in [0.4, 0.5) is 0 Å². The van der Waals surface area contributed by atoms with Crippen LogP contribution in [-0.2, 0) is 21.4 Å². The second kappa shape index (κ2) is 9.39. The Labute approximate surface area is 190 Å². The monoisotopic (exact) mass is 476 g/mol. The number of piperidine rings is 1. The number of sulfonamides is 1. The zero-order chi connectivity index (χ0) is 22.7. The van der Waals surface area contributed by atoms with Crippen LogP contribution in [0, 0.1) is 12.8 Å². The number of aromatic nitrogens is 2. The SMILES string of the molecule is COc1cccc(CNC(=O)[C@@H]2CCCN(S(=O)(=O)c3cc(-c4noc(C)n4)cs3)C2)c1. The Morgan fingerprint density at radius 3 is 2.97 bits per heavy atom. The van der Waals surface area contributed by atoms with Crippen molar-refractivity contribution in [1.29, 1.82) is 0 Å². The van der Waals surface area contributed by atoms with Gasteiger partial charge in [-0.3, -0.25) is 4.79 Å². The van der Waals surface area contributed by atoms with Crippen molar-refractivity contribution in [3.8, 4) is 17.1 Å². The van der Waals surface area contributed by atoms with Crippen LogP contribution >= 0.6 is 11.3 Å². The summed E-state index contributed by atoms with van der Waals surface area (Å²) in [5, 5.41) is 8.45. The third-order valence-electron chi connectivity index (χ3n) is 5.31. The molecule has 3 heterocycles. The van der Waals surface area contributed by atoms with Gasteiger partial charge in [0.1, 0.15) is 9.96 Å². The van der Waals surface area contributed by atoms with Crippen LogP contribution in [0.3, 0.4) is 0 Å². The lowest BCUT2D eigenvalue weighted by atomic mass is 9.99. The number of thiophene rings is 1. The third kappa shape index (κ3) is 4.84. The number of carbonyl (C=O) groups is 1. The Balaban J connectivity index is 1.41. The molecule has 1 aliphatic rings. The number of hydrogen-bond donors (Lipinski definition) is 1. The van der Waals surface area contributed by atoms with Crippen molar-refractivity contribution in [1.82, 2.24) is 19.8 Å². The van der Waals surface area contributed by atoms with Gasteiger partial charge in [0.15, 0.2) is 0 Å². The number of aryl methyl sites for hydroxylation is 1. The van der Waals surface area contributed by atoms with Crippen LogP contribution in [0.5, 0.6) is 5.75 Å². The zero-order valence-corrected chi connectivity index (χ0v) is 19.4. The fraction of sp³-hybridized carbons (Fsp3) is 0.381. The minimum absolute atomic E-state index is 0.151. The molecule has 170 valence electrons. The number of nitrogens with one attached hydrogen (secondary N) is 1. The fourth-order valence-corrected chi connectivity index (χ4v) is 6.44. The molecule has 32 heavy (non-hydrogen) atoms. The van der Waals surface area contributed by atoms with Gasteiger partial charge in [-0.1, -0.05) is 17.3 Å². The van der Waals surface area contributed by atoms with E-state index in [4.69, 9.17) is 9.26 Å². The van der Waals surface area contributed by atoms with Gasteiger partial charge in [0, 0.05) is 37.5 Å². The van der Waals surface area contributed by atoms with Gasteiger partial charge in [0.2, 0.25) is 17.6 Å². The lowest BCUT2D eigenvalue weighted by molar-refractivity contribution is -0.126. The predicted molar refractivity (Wildman–Crippen MR) is 119 cm³/mol. The van der Waals surface area contributed by atoms with Crippen molar-refractivity contribution < 1.29 is 22.5 Å². The van der Waals surface area contributed by atoms with Gasteiger partial charge >= 0.3 is 0 Å². The van der Waals surface area contributed by atoms with Crippen LogP contribution in [0.25, 0.3) is 11.4 Å². The van der Waals surface area contributed by atoms with E-state index in [1.807, 2.05) is 24.3 Å². The van der Waals surface area contributed by atoms with Gasteiger partial charge in [-0.2, -0.15) is 9.29 Å².